The van der Waals surface area contributed by atoms with Crippen LogP contribution in [-0.4, -0.2) is 35.6 Å². The lowest BCUT2D eigenvalue weighted by atomic mass is 10.1. The molecule has 1 aromatic heterocycles. The number of carbonyl (C=O) groups is 2. The number of ether oxygens (including phenoxy) is 1. The van der Waals surface area contributed by atoms with Crippen molar-refractivity contribution in [1.29, 1.82) is 0 Å². The van der Waals surface area contributed by atoms with Gasteiger partial charge in [-0.3, -0.25) is 9.59 Å². The third kappa shape index (κ3) is 4.32. The van der Waals surface area contributed by atoms with Gasteiger partial charge in [0.1, 0.15) is 11.5 Å². The Morgan fingerprint density at radius 3 is 2.78 bits per heavy atom. The van der Waals surface area contributed by atoms with Gasteiger partial charge in [-0.25, -0.2) is 0 Å². The molecule has 0 fully saturated rings. The Bertz CT molecular complexity index is 1000. The van der Waals surface area contributed by atoms with Crippen LogP contribution in [0.5, 0.6) is 11.5 Å². The molecule has 0 atom stereocenters. The third-order valence-electron chi connectivity index (χ3n) is 4.07. The summed E-state index contributed by atoms with van der Waals surface area (Å²) in [5.41, 5.74) is 2.04. The number of hydrogen-bond donors (Lipinski definition) is 4. The minimum atomic E-state index is -0.881. The van der Waals surface area contributed by atoms with Crippen molar-refractivity contribution < 1.29 is 19.4 Å². The normalized spacial score (nSPS) is 10.6. The van der Waals surface area contributed by atoms with Crippen molar-refractivity contribution in [3.63, 3.8) is 0 Å². The van der Waals surface area contributed by atoms with Gasteiger partial charge in [-0.2, -0.15) is 0 Å². The quantitative estimate of drug-likeness (QED) is 0.399. The molecular formula is C19H18ClN3O4. The second kappa shape index (κ2) is 8.01. The van der Waals surface area contributed by atoms with E-state index in [4.69, 9.17) is 16.3 Å². The van der Waals surface area contributed by atoms with E-state index in [9.17, 15) is 14.7 Å². The molecule has 0 spiro atoms. The van der Waals surface area contributed by atoms with E-state index in [0.717, 1.165) is 22.2 Å². The second-order valence-corrected chi connectivity index (χ2v) is 6.28. The fraction of sp³-hybridized carbons (Fsp3) is 0.158. The van der Waals surface area contributed by atoms with Gasteiger partial charge in [-0.05, 0) is 48.4 Å². The number of H-pyrrole nitrogens is 1. The number of amides is 2. The van der Waals surface area contributed by atoms with Crippen LogP contribution in [0.15, 0.2) is 42.6 Å². The highest BCUT2D eigenvalue weighted by atomic mass is 35.5. The summed E-state index contributed by atoms with van der Waals surface area (Å²) in [5.74, 6) is -1.11. The number of methoxy groups -OCH3 is 1. The van der Waals surface area contributed by atoms with E-state index in [1.54, 1.807) is 7.11 Å². The van der Waals surface area contributed by atoms with Crippen LogP contribution in [0.2, 0.25) is 5.02 Å². The van der Waals surface area contributed by atoms with Crippen molar-refractivity contribution in [2.75, 3.05) is 19.0 Å². The molecule has 0 aliphatic rings. The van der Waals surface area contributed by atoms with Crippen LogP contribution >= 0.6 is 11.6 Å². The van der Waals surface area contributed by atoms with Crippen molar-refractivity contribution in [3.8, 4) is 11.5 Å². The van der Waals surface area contributed by atoms with Crippen molar-refractivity contribution in [2.45, 2.75) is 6.42 Å². The van der Waals surface area contributed by atoms with Gasteiger partial charge in [0.15, 0.2) is 0 Å². The van der Waals surface area contributed by atoms with Crippen molar-refractivity contribution in [3.05, 3.63) is 53.2 Å². The number of hydrogen-bond acceptors (Lipinski definition) is 4. The summed E-state index contributed by atoms with van der Waals surface area (Å²) in [4.78, 5) is 27.1. The van der Waals surface area contributed by atoms with Crippen LogP contribution in [0, 0.1) is 0 Å². The number of aromatic nitrogens is 1. The summed E-state index contributed by atoms with van der Waals surface area (Å²) >= 11 is 5.81. The van der Waals surface area contributed by atoms with Crippen LogP contribution in [0.4, 0.5) is 5.69 Å². The lowest BCUT2D eigenvalue weighted by Gasteiger charge is -2.08. The molecule has 27 heavy (non-hydrogen) atoms. The topological polar surface area (TPSA) is 103 Å². The number of rotatable bonds is 5. The first kappa shape index (κ1) is 18.6. The summed E-state index contributed by atoms with van der Waals surface area (Å²) in [6, 6.07) is 9.87. The maximum Gasteiger partial charge on any atom is 0.313 e. The molecule has 3 aromatic rings. The van der Waals surface area contributed by atoms with Crippen LogP contribution in [0.25, 0.3) is 10.9 Å². The number of phenolic OH excluding ortho intramolecular Hbond substituents is 1. The van der Waals surface area contributed by atoms with Crippen molar-refractivity contribution >= 4 is 40.0 Å². The largest absolute Gasteiger partial charge is 0.506 e. The molecule has 0 saturated heterocycles. The maximum absolute atomic E-state index is 12.0. The summed E-state index contributed by atoms with van der Waals surface area (Å²) in [6.07, 6.45) is 2.40. The number of fused-ring (bicyclic) bond motifs is 1. The first-order valence-electron chi connectivity index (χ1n) is 8.19. The van der Waals surface area contributed by atoms with E-state index in [0.29, 0.717) is 11.4 Å². The van der Waals surface area contributed by atoms with Crippen LogP contribution in [0.3, 0.4) is 0 Å². The van der Waals surface area contributed by atoms with E-state index < -0.39 is 11.8 Å². The number of phenols is 1. The molecular weight excluding hydrogens is 370 g/mol. The molecule has 1 heterocycles. The van der Waals surface area contributed by atoms with Gasteiger partial charge in [-0.1, -0.05) is 11.6 Å². The van der Waals surface area contributed by atoms with Crippen molar-refractivity contribution in [1.82, 2.24) is 10.3 Å². The van der Waals surface area contributed by atoms with Gasteiger partial charge < -0.3 is 25.5 Å². The highest BCUT2D eigenvalue weighted by molar-refractivity contribution is 6.40. The summed E-state index contributed by atoms with van der Waals surface area (Å²) in [7, 11) is 1.60. The van der Waals surface area contributed by atoms with Gasteiger partial charge >= 0.3 is 11.8 Å². The van der Waals surface area contributed by atoms with Gasteiger partial charge in [0.25, 0.3) is 0 Å². The number of anilines is 1. The molecule has 3 rings (SSSR count). The zero-order chi connectivity index (χ0) is 19.4. The van der Waals surface area contributed by atoms with Gasteiger partial charge in [0.2, 0.25) is 0 Å². The van der Waals surface area contributed by atoms with Gasteiger partial charge in [-0.15, -0.1) is 0 Å². The Morgan fingerprint density at radius 1 is 1.19 bits per heavy atom. The smallest absolute Gasteiger partial charge is 0.313 e. The predicted octanol–water partition coefficient (Wildman–Crippen LogP) is 2.83. The SMILES string of the molecule is COc1ccc2[nH]cc(CCNC(=O)C(=O)Nc3cc(Cl)ccc3O)c2c1. The average molecular weight is 388 g/mol. The minimum absolute atomic E-state index is 0.0753. The Kier molecular flexibility index (Phi) is 5.52. The fourth-order valence-corrected chi connectivity index (χ4v) is 2.84. The van der Waals surface area contributed by atoms with Crippen LogP contribution in [0.1, 0.15) is 5.56 Å². The monoisotopic (exact) mass is 387 g/mol. The van der Waals surface area contributed by atoms with E-state index in [2.05, 4.69) is 15.6 Å². The molecule has 2 aromatic carbocycles. The number of aromatic amines is 1. The fourth-order valence-electron chi connectivity index (χ4n) is 2.67. The molecule has 0 bridgehead atoms. The average Bonchev–Trinajstić information content (AvgIpc) is 3.06. The van der Waals surface area contributed by atoms with E-state index >= 15 is 0 Å². The van der Waals surface area contributed by atoms with E-state index in [1.165, 1.54) is 18.2 Å². The highest BCUT2D eigenvalue weighted by Gasteiger charge is 2.15. The Morgan fingerprint density at radius 2 is 2.00 bits per heavy atom. The molecule has 0 aliphatic heterocycles. The van der Waals surface area contributed by atoms with Gasteiger partial charge in [0.05, 0.1) is 12.8 Å². The standard InChI is InChI=1S/C19H18ClN3O4/c1-27-13-3-4-15-14(9-13)11(10-22-15)6-7-21-18(25)19(26)23-16-8-12(20)2-5-17(16)24/h2-5,8-10,22,24H,6-7H2,1H3,(H,21,25)(H,23,26). The molecule has 0 unspecified atom stereocenters. The zero-order valence-electron chi connectivity index (χ0n) is 14.5. The van der Waals surface area contributed by atoms with E-state index in [-0.39, 0.29) is 18.0 Å². The van der Waals surface area contributed by atoms with E-state index in [1.807, 2.05) is 24.4 Å². The Balaban J connectivity index is 1.58. The first-order chi connectivity index (χ1) is 13.0. The molecule has 2 amide bonds. The number of halogens is 1. The number of aromatic hydroxyl groups is 1. The van der Waals surface area contributed by atoms with Gasteiger partial charge in [0, 0.05) is 28.7 Å². The lowest BCUT2D eigenvalue weighted by molar-refractivity contribution is -0.136. The number of nitrogens with one attached hydrogen (secondary N) is 3. The summed E-state index contributed by atoms with van der Waals surface area (Å²) in [6.45, 7) is 0.276. The lowest BCUT2D eigenvalue weighted by Crippen LogP contribution is -2.36. The molecule has 4 N–H and O–H groups in total. The minimum Gasteiger partial charge on any atom is -0.506 e. The first-order valence-corrected chi connectivity index (χ1v) is 8.57. The van der Waals surface area contributed by atoms with Crippen molar-refractivity contribution in [2.24, 2.45) is 0 Å². The third-order valence-corrected chi connectivity index (χ3v) is 4.30. The summed E-state index contributed by atoms with van der Waals surface area (Å²) < 4.78 is 5.23. The molecule has 0 saturated carbocycles. The molecule has 140 valence electrons. The molecule has 7 nitrogen and oxygen atoms in total. The Labute approximate surface area is 160 Å². The second-order valence-electron chi connectivity index (χ2n) is 5.85. The molecule has 8 heteroatoms. The number of carbonyl (C=O) groups excluding carboxylic acids is 2. The van der Waals surface area contributed by atoms with Crippen LogP contribution in [-0.2, 0) is 16.0 Å². The predicted molar refractivity (Wildman–Crippen MR) is 103 cm³/mol. The highest BCUT2D eigenvalue weighted by Crippen LogP contribution is 2.26. The zero-order valence-corrected chi connectivity index (χ0v) is 15.3. The number of benzene rings is 2. The maximum atomic E-state index is 12.0. The molecule has 0 aliphatic carbocycles. The van der Waals surface area contributed by atoms with Crippen LogP contribution < -0.4 is 15.4 Å². The Hall–Kier alpha value is -3.19. The molecule has 0 radical (unpaired) electrons. The summed E-state index contributed by atoms with van der Waals surface area (Å²) in [5, 5.41) is 15.9.